The summed E-state index contributed by atoms with van der Waals surface area (Å²) in [5.41, 5.74) is 6.12. The number of ether oxygens (including phenoxy) is 2. The predicted molar refractivity (Wildman–Crippen MR) is 84.2 cm³/mol. The molecular weight excluding hydrogens is 289 g/mol. The van der Waals surface area contributed by atoms with E-state index in [0.717, 1.165) is 5.75 Å². The van der Waals surface area contributed by atoms with Crippen LogP contribution in [-0.4, -0.2) is 11.6 Å². The highest BCUT2D eigenvalue weighted by Crippen LogP contribution is 2.20. The maximum Gasteiger partial charge on any atom is 0.139 e. The van der Waals surface area contributed by atoms with E-state index in [1.165, 1.54) is 0 Å². The van der Waals surface area contributed by atoms with Crippen LogP contribution in [-0.2, 0) is 6.61 Å². The topological polar surface area (TPSA) is 44.5 Å². The Morgan fingerprint density at radius 3 is 2.29 bits per heavy atom. The van der Waals surface area contributed by atoms with Crippen molar-refractivity contribution in [1.29, 1.82) is 0 Å². The first-order valence-electron chi connectivity index (χ1n) is 6.54. The number of halogens is 1. The lowest BCUT2D eigenvalue weighted by molar-refractivity contribution is 0.298. The van der Waals surface area contributed by atoms with Crippen molar-refractivity contribution in [2.75, 3.05) is 6.61 Å². The SMILES string of the molecule is CCOc1ccc(OCc2cccc(C(N)=S)c2F)cc1. The summed E-state index contributed by atoms with van der Waals surface area (Å²) in [6, 6.07) is 12.1. The highest BCUT2D eigenvalue weighted by Gasteiger charge is 2.10. The summed E-state index contributed by atoms with van der Waals surface area (Å²) in [4.78, 5) is 0.0374. The lowest BCUT2D eigenvalue weighted by Crippen LogP contribution is -2.13. The van der Waals surface area contributed by atoms with E-state index in [-0.39, 0.29) is 17.2 Å². The Kier molecular flexibility index (Phi) is 5.11. The Labute approximate surface area is 128 Å². The van der Waals surface area contributed by atoms with Gasteiger partial charge in [0.05, 0.1) is 6.61 Å². The van der Waals surface area contributed by atoms with Crippen molar-refractivity contribution in [2.24, 2.45) is 5.73 Å². The predicted octanol–water partition coefficient (Wildman–Crippen LogP) is 3.44. The van der Waals surface area contributed by atoms with Crippen molar-refractivity contribution < 1.29 is 13.9 Å². The Hall–Kier alpha value is -2.14. The van der Waals surface area contributed by atoms with Gasteiger partial charge in [0.2, 0.25) is 0 Å². The van der Waals surface area contributed by atoms with Gasteiger partial charge in [0, 0.05) is 11.1 Å². The zero-order valence-electron chi connectivity index (χ0n) is 11.6. The quantitative estimate of drug-likeness (QED) is 0.830. The molecule has 0 atom stereocenters. The molecule has 0 amide bonds. The summed E-state index contributed by atoms with van der Waals surface area (Å²) in [5.74, 6) is 0.973. The molecule has 0 bridgehead atoms. The summed E-state index contributed by atoms with van der Waals surface area (Å²) >= 11 is 4.81. The maximum atomic E-state index is 14.1. The van der Waals surface area contributed by atoms with Gasteiger partial charge < -0.3 is 15.2 Å². The van der Waals surface area contributed by atoms with E-state index in [2.05, 4.69) is 0 Å². The van der Waals surface area contributed by atoms with Crippen LogP contribution in [0.5, 0.6) is 11.5 Å². The van der Waals surface area contributed by atoms with Crippen LogP contribution < -0.4 is 15.2 Å². The minimum atomic E-state index is -0.434. The third kappa shape index (κ3) is 3.92. The van der Waals surface area contributed by atoms with Gasteiger partial charge in [-0.2, -0.15) is 0 Å². The van der Waals surface area contributed by atoms with Crippen molar-refractivity contribution in [1.82, 2.24) is 0 Å². The Balaban J connectivity index is 2.06. The summed E-state index contributed by atoms with van der Waals surface area (Å²) in [6.07, 6.45) is 0. The molecule has 0 radical (unpaired) electrons. The van der Waals surface area contributed by atoms with Crippen LogP contribution in [0.1, 0.15) is 18.1 Å². The summed E-state index contributed by atoms with van der Waals surface area (Å²) in [5, 5.41) is 0. The van der Waals surface area contributed by atoms with E-state index in [4.69, 9.17) is 27.4 Å². The molecule has 0 aliphatic heterocycles. The van der Waals surface area contributed by atoms with Crippen molar-refractivity contribution in [3.05, 3.63) is 59.4 Å². The van der Waals surface area contributed by atoms with Crippen molar-refractivity contribution in [3.8, 4) is 11.5 Å². The lowest BCUT2D eigenvalue weighted by Gasteiger charge is -2.10. The minimum absolute atomic E-state index is 0.0374. The number of benzene rings is 2. The second-order valence-electron chi connectivity index (χ2n) is 4.34. The molecule has 2 aromatic carbocycles. The molecule has 21 heavy (non-hydrogen) atoms. The number of nitrogens with two attached hydrogens (primary N) is 1. The Morgan fingerprint density at radius 2 is 1.71 bits per heavy atom. The maximum absolute atomic E-state index is 14.1. The molecule has 0 unspecified atom stereocenters. The average Bonchev–Trinajstić information content (AvgIpc) is 2.48. The molecule has 0 spiro atoms. The molecule has 2 aromatic rings. The van der Waals surface area contributed by atoms with Crippen LogP contribution in [0.4, 0.5) is 4.39 Å². The average molecular weight is 305 g/mol. The van der Waals surface area contributed by atoms with Crippen LogP contribution in [0, 0.1) is 5.82 Å². The molecule has 0 aromatic heterocycles. The molecule has 2 rings (SSSR count). The molecular formula is C16H16FNO2S. The van der Waals surface area contributed by atoms with Crippen LogP contribution in [0.3, 0.4) is 0 Å². The number of hydrogen-bond acceptors (Lipinski definition) is 3. The fourth-order valence-corrected chi connectivity index (χ4v) is 2.00. The lowest BCUT2D eigenvalue weighted by atomic mass is 10.1. The molecule has 0 saturated carbocycles. The first-order valence-corrected chi connectivity index (χ1v) is 6.95. The second-order valence-corrected chi connectivity index (χ2v) is 4.78. The second kappa shape index (κ2) is 7.04. The van der Waals surface area contributed by atoms with Gasteiger partial charge in [0.25, 0.3) is 0 Å². The third-order valence-corrected chi connectivity index (χ3v) is 3.09. The van der Waals surface area contributed by atoms with Crippen LogP contribution >= 0.6 is 12.2 Å². The van der Waals surface area contributed by atoms with Gasteiger partial charge in [-0.3, -0.25) is 0 Å². The van der Waals surface area contributed by atoms with Crippen LogP contribution in [0.25, 0.3) is 0 Å². The highest BCUT2D eigenvalue weighted by atomic mass is 32.1. The van der Waals surface area contributed by atoms with Crippen LogP contribution in [0.2, 0.25) is 0 Å². The molecule has 0 fully saturated rings. The first-order chi connectivity index (χ1) is 10.1. The fraction of sp³-hybridized carbons (Fsp3) is 0.188. The molecule has 3 nitrogen and oxygen atoms in total. The minimum Gasteiger partial charge on any atom is -0.494 e. The van der Waals surface area contributed by atoms with Gasteiger partial charge in [0.1, 0.15) is 28.9 Å². The summed E-state index contributed by atoms with van der Waals surface area (Å²) < 4.78 is 25.0. The van der Waals surface area contributed by atoms with Gasteiger partial charge in [-0.05, 0) is 37.3 Å². The van der Waals surface area contributed by atoms with Crippen molar-refractivity contribution in [2.45, 2.75) is 13.5 Å². The van der Waals surface area contributed by atoms with E-state index < -0.39 is 5.82 Å². The zero-order valence-corrected chi connectivity index (χ0v) is 12.5. The highest BCUT2D eigenvalue weighted by molar-refractivity contribution is 7.80. The van der Waals surface area contributed by atoms with Crippen molar-refractivity contribution in [3.63, 3.8) is 0 Å². The Morgan fingerprint density at radius 1 is 1.10 bits per heavy atom. The van der Waals surface area contributed by atoms with E-state index in [1.807, 2.05) is 6.92 Å². The number of hydrogen-bond donors (Lipinski definition) is 1. The zero-order chi connectivity index (χ0) is 15.2. The molecule has 0 aliphatic carbocycles. The first kappa shape index (κ1) is 15.3. The van der Waals surface area contributed by atoms with E-state index in [1.54, 1.807) is 42.5 Å². The largest absolute Gasteiger partial charge is 0.494 e. The van der Waals surface area contributed by atoms with Crippen LogP contribution in [0.15, 0.2) is 42.5 Å². The number of thiocarbonyl (C=S) groups is 1. The monoisotopic (exact) mass is 305 g/mol. The molecule has 110 valence electrons. The fourth-order valence-electron chi connectivity index (χ4n) is 1.84. The van der Waals surface area contributed by atoms with E-state index in [0.29, 0.717) is 17.9 Å². The standard InChI is InChI=1S/C16H16FNO2S/c1-2-19-12-6-8-13(9-7-12)20-10-11-4-3-5-14(15(11)17)16(18)21/h3-9H,2,10H2,1H3,(H2,18,21). The van der Waals surface area contributed by atoms with Gasteiger partial charge >= 0.3 is 0 Å². The van der Waals surface area contributed by atoms with E-state index >= 15 is 0 Å². The Bertz CT molecular complexity index is 629. The third-order valence-electron chi connectivity index (χ3n) is 2.87. The molecule has 2 N–H and O–H groups in total. The molecule has 0 heterocycles. The molecule has 0 aliphatic rings. The normalized spacial score (nSPS) is 10.2. The van der Waals surface area contributed by atoms with E-state index in [9.17, 15) is 4.39 Å². The van der Waals surface area contributed by atoms with Gasteiger partial charge in [-0.25, -0.2) is 4.39 Å². The van der Waals surface area contributed by atoms with Gasteiger partial charge in [0.15, 0.2) is 0 Å². The number of rotatable bonds is 6. The molecule has 0 saturated heterocycles. The summed E-state index contributed by atoms with van der Waals surface area (Å²) in [7, 11) is 0. The molecule has 5 heteroatoms. The van der Waals surface area contributed by atoms with Crippen molar-refractivity contribution >= 4 is 17.2 Å². The van der Waals surface area contributed by atoms with Gasteiger partial charge in [-0.1, -0.05) is 24.4 Å². The summed E-state index contributed by atoms with van der Waals surface area (Å²) in [6.45, 7) is 2.63. The smallest absolute Gasteiger partial charge is 0.139 e. The van der Waals surface area contributed by atoms with Gasteiger partial charge in [-0.15, -0.1) is 0 Å².